The number of anilines is 1. The number of imidazole rings is 1. The Morgan fingerprint density at radius 3 is 2.94 bits per heavy atom. The van der Waals surface area contributed by atoms with E-state index in [-0.39, 0.29) is 0 Å². The maximum absolute atomic E-state index is 5.99. The third kappa shape index (κ3) is 1.28. The van der Waals surface area contributed by atoms with Crippen molar-refractivity contribution in [1.29, 1.82) is 0 Å². The van der Waals surface area contributed by atoms with Gasteiger partial charge in [0.2, 0.25) is 0 Å². The van der Waals surface area contributed by atoms with E-state index in [1.54, 1.807) is 6.20 Å². The fourth-order valence-electron chi connectivity index (χ4n) is 2.18. The molecular weight excluding hydrogens is 214 g/mol. The van der Waals surface area contributed by atoms with Crippen molar-refractivity contribution in [3.8, 4) is 0 Å². The molecule has 0 bridgehead atoms. The van der Waals surface area contributed by atoms with Gasteiger partial charge in [-0.2, -0.15) is 0 Å². The van der Waals surface area contributed by atoms with Crippen molar-refractivity contribution in [2.75, 3.05) is 5.73 Å². The van der Waals surface area contributed by atoms with E-state index >= 15 is 0 Å². The Balaban J connectivity index is 2.62. The molecule has 0 saturated carbocycles. The molecule has 0 radical (unpaired) electrons. The van der Waals surface area contributed by atoms with Crippen LogP contribution in [0.3, 0.4) is 0 Å². The highest BCUT2D eigenvalue weighted by molar-refractivity contribution is 5.82. The van der Waals surface area contributed by atoms with Gasteiger partial charge in [0.15, 0.2) is 11.5 Å². The largest absolute Gasteiger partial charge is 0.382 e. The smallest absolute Gasteiger partial charge is 0.164 e. The van der Waals surface area contributed by atoms with Crippen LogP contribution < -0.4 is 5.73 Å². The average Bonchev–Trinajstić information content (AvgIpc) is 2.67. The molecule has 0 saturated heterocycles. The Hall–Kier alpha value is -2.17. The van der Waals surface area contributed by atoms with E-state index in [9.17, 15) is 0 Å². The number of nitrogens with two attached hydrogens (primary N) is 1. The fourth-order valence-corrected chi connectivity index (χ4v) is 2.18. The van der Waals surface area contributed by atoms with E-state index in [1.165, 1.54) is 0 Å². The summed E-state index contributed by atoms with van der Waals surface area (Å²) in [6.45, 7) is 4.01. The Labute approximate surface area is 98.3 Å². The van der Waals surface area contributed by atoms with Crippen LogP contribution >= 0.6 is 0 Å². The molecular formula is C12H13N5. The average molecular weight is 227 g/mol. The van der Waals surface area contributed by atoms with Gasteiger partial charge in [-0.05, 0) is 19.1 Å². The standard InChI is InChI=1S/C12H13N5/c1-3-9-15-7(2)10-11(13)16-8-5-4-6-14-12(8)17(9)10/h4-6H,3H2,1-2H3,(H2,13,16). The fraction of sp³-hybridized carbons (Fsp3) is 0.250. The molecule has 5 heteroatoms. The molecule has 0 unspecified atom stereocenters. The van der Waals surface area contributed by atoms with Gasteiger partial charge in [0.05, 0.1) is 5.69 Å². The van der Waals surface area contributed by atoms with E-state index < -0.39 is 0 Å². The number of rotatable bonds is 1. The molecule has 0 aliphatic heterocycles. The van der Waals surface area contributed by atoms with Crippen molar-refractivity contribution >= 4 is 22.5 Å². The van der Waals surface area contributed by atoms with Gasteiger partial charge in [0, 0.05) is 12.6 Å². The number of nitrogens with zero attached hydrogens (tertiary/aromatic N) is 4. The van der Waals surface area contributed by atoms with Crippen LogP contribution in [0.15, 0.2) is 18.3 Å². The monoisotopic (exact) mass is 227 g/mol. The normalized spacial score (nSPS) is 11.4. The van der Waals surface area contributed by atoms with Crippen LogP contribution in [-0.2, 0) is 6.42 Å². The predicted octanol–water partition coefficient (Wildman–Crippen LogP) is 1.73. The minimum absolute atomic E-state index is 0.509. The van der Waals surface area contributed by atoms with E-state index in [1.807, 2.05) is 23.5 Å². The van der Waals surface area contributed by atoms with Crippen molar-refractivity contribution < 1.29 is 0 Å². The third-order valence-corrected chi connectivity index (χ3v) is 2.90. The molecule has 0 atom stereocenters. The first-order valence-corrected chi connectivity index (χ1v) is 5.60. The van der Waals surface area contributed by atoms with Gasteiger partial charge in [0.25, 0.3) is 0 Å². The number of fused-ring (bicyclic) bond motifs is 3. The van der Waals surface area contributed by atoms with Crippen LogP contribution in [0.4, 0.5) is 5.82 Å². The molecule has 0 aromatic carbocycles. The van der Waals surface area contributed by atoms with Gasteiger partial charge in [0.1, 0.15) is 16.9 Å². The lowest BCUT2D eigenvalue weighted by Gasteiger charge is -2.05. The Morgan fingerprint density at radius 1 is 1.35 bits per heavy atom. The Kier molecular flexibility index (Phi) is 2.01. The van der Waals surface area contributed by atoms with Crippen molar-refractivity contribution in [1.82, 2.24) is 19.4 Å². The summed E-state index contributed by atoms with van der Waals surface area (Å²) in [7, 11) is 0. The second-order valence-electron chi connectivity index (χ2n) is 3.99. The SMILES string of the molecule is CCc1nc(C)c2c(N)nc3cccnc3n12. The molecule has 17 heavy (non-hydrogen) atoms. The highest BCUT2D eigenvalue weighted by Crippen LogP contribution is 2.23. The van der Waals surface area contributed by atoms with E-state index in [0.29, 0.717) is 5.82 Å². The van der Waals surface area contributed by atoms with Crippen LogP contribution in [0.5, 0.6) is 0 Å². The second-order valence-corrected chi connectivity index (χ2v) is 3.99. The van der Waals surface area contributed by atoms with Crippen molar-refractivity contribution in [2.24, 2.45) is 0 Å². The summed E-state index contributed by atoms with van der Waals surface area (Å²) in [5.74, 6) is 1.48. The third-order valence-electron chi connectivity index (χ3n) is 2.90. The van der Waals surface area contributed by atoms with Gasteiger partial charge in [-0.1, -0.05) is 6.92 Å². The molecule has 0 aliphatic carbocycles. The molecule has 0 aliphatic rings. The Bertz CT molecular complexity index is 714. The number of aromatic nitrogens is 4. The summed E-state index contributed by atoms with van der Waals surface area (Å²) >= 11 is 0. The van der Waals surface area contributed by atoms with Crippen molar-refractivity contribution in [3.05, 3.63) is 29.8 Å². The first-order chi connectivity index (χ1) is 8.22. The maximum atomic E-state index is 5.99. The molecule has 0 spiro atoms. The maximum Gasteiger partial charge on any atom is 0.164 e. The van der Waals surface area contributed by atoms with Crippen LogP contribution in [0.25, 0.3) is 16.7 Å². The first-order valence-electron chi connectivity index (χ1n) is 5.60. The molecule has 86 valence electrons. The number of hydrogen-bond acceptors (Lipinski definition) is 4. The molecule has 5 nitrogen and oxygen atoms in total. The van der Waals surface area contributed by atoms with E-state index in [0.717, 1.165) is 34.6 Å². The molecule has 2 N–H and O–H groups in total. The van der Waals surface area contributed by atoms with Crippen LogP contribution in [0, 0.1) is 6.92 Å². The van der Waals surface area contributed by atoms with Crippen LogP contribution in [0.1, 0.15) is 18.4 Å². The molecule has 3 rings (SSSR count). The first kappa shape index (κ1) is 10.0. The zero-order valence-corrected chi connectivity index (χ0v) is 9.81. The van der Waals surface area contributed by atoms with E-state index in [2.05, 4.69) is 21.9 Å². The molecule has 0 amide bonds. The quantitative estimate of drug-likeness (QED) is 0.687. The topological polar surface area (TPSA) is 69.1 Å². The zero-order chi connectivity index (χ0) is 12.0. The summed E-state index contributed by atoms with van der Waals surface area (Å²) in [6, 6.07) is 3.77. The van der Waals surface area contributed by atoms with Gasteiger partial charge in [-0.25, -0.2) is 15.0 Å². The number of hydrogen-bond donors (Lipinski definition) is 1. The summed E-state index contributed by atoms with van der Waals surface area (Å²) in [6.07, 6.45) is 2.60. The van der Waals surface area contributed by atoms with Gasteiger partial charge >= 0.3 is 0 Å². The lowest BCUT2D eigenvalue weighted by atomic mass is 10.3. The summed E-state index contributed by atoms with van der Waals surface area (Å²) in [4.78, 5) is 13.3. The molecule has 3 heterocycles. The van der Waals surface area contributed by atoms with Gasteiger partial charge < -0.3 is 5.73 Å². The summed E-state index contributed by atoms with van der Waals surface area (Å²) in [5, 5.41) is 0. The molecule has 3 aromatic rings. The number of nitrogen functional groups attached to an aromatic ring is 1. The minimum atomic E-state index is 0.509. The number of aryl methyl sites for hydroxylation is 2. The highest BCUT2D eigenvalue weighted by atomic mass is 15.1. The predicted molar refractivity (Wildman–Crippen MR) is 66.8 cm³/mol. The minimum Gasteiger partial charge on any atom is -0.382 e. The lowest BCUT2D eigenvalue weighted by molar-refractivity contribution is 0.937. The Morgan fingerprint density at radius 2 is 2.18 bits per heavy atom. The second kappa shape index (κ2) is 3.41. The van der Waals surface area contributed by atoms with Gasteiger partial charge in [-0.3, -0.25) is 4.40 Å². The van der Waals surface area contributed by atoms with Crippen LogP contribution in [-0.4, -0.2) is 19.4 Å². The highest BCUT2D eigenvalue weighted by Gasteiger charge is 2.14. The summed E-state index contributed by atoms with van der Waals surface area (Å²) < 4.78 is 2.01. The zero-order valence-electron chi connectivity index (χ0n) is 9.81. The lowest BCUT2D eigenvalue weighted by Crippen LogP contribution is -2.02. The molecule has 3 aromatic heterocycles. The van der Waals surface area contributed by atoms with Crippen LogP contribution in [0.2, 0.25) is 0 Å². The van der Waals surface area contributed by atoms with Gasteiger partial charge in [-0.15, -0.1) is 0 Å². The van der Waals surface area contributed by atoms with Crippen molar-refractivity contribution in [2.45, 2.75) is 20.3 Å². The van der Waals surface area contributed by atoms with Crippen molar-refractivity contribution in [3.63, 3.8) is 0 Å². The van der Waals surface area contributed by atoms with E-state index in [4.69, 9.17) is 5.73 Å². The number of pyridine rings is 1. The molecule has 0 fully saturated rings. The summed E-state index contributed by atoms with van der Waals surface area (Å²) in [5.41, 5.74) is 9.37.